The van der Waals surface area contributed by atoms with Gasteiger partial charge in [-0.1, -0.05) is 6.07 Å². The van der Waals surface area contributed by atoms with Crippen LogP contribution in [0.3, 0.4) is 0 Å². The third-order valence-corrected chi connectivity index (χ3v) is 3.52. The van der Waals surface area contributed by atoms with E-state index in [1.807, 2.05) is 18.2 Å². The van der Waals surface area contributed by atoms with Crippen LogP contribution >= 0.6 is 22.6 Å². The first-order chi connectivity index (χ1) is 7.59. The average molecular weight is 351 g/mol. The van der Waals surface area contributed by atoms with Crippen LogP contribution in [0.25, 0.3) is 0 Å². The summed E-state index contributed by atoms with van der Waals surface area (Å²) in [4.78, 5) is 11.7. The van der Waals surface area contributed by atoms with Crippen molar-refractivity contribution >= 4 is 39.3 Å². The molecule has 1 N–H and O–H groups in total. The zero-order valence-corrected chi connectivity index (χ0v) is 12.0. The van der Waals surface area contributed by atoms with Crippen LogP contribution in [0.5, 0.6) is 0 Å². The van der Waals surface area contributed by atoms with Crippen LogP contribution in [0, 0.1) is 3.57 Å². The summed E-state index contributed by atoms with van der Waals surface area (Å²) >= 11 is 2.17. The Labute approximate surface area is 112 Å². The van der Waals surface area contributed by atoms with Gasteiger partial charge in [-0.15, -0.1) is 0 Å². The summed E-state index contributed by atoms with van der Waals surface area (Å²) in [5.74, 6) is 0.562. The molecule has 1 amide bonds. The molecule has 5 heteroatoms. The zero-order valence-electron chi connectivity index (χ0n) is 9.03. The molecule has 0 saturated carbocycles. The fourth-order valence-electron chi connectivity index (χ4n) is 1.21. The molecule has 0 fully saturated rings. The van der Waals surface area contributed by atoms with Gasteiger partial charge in [0.25, 0.3) is 5.91 Å². The van der Waals surface area contributed by atoms with Crippen LogP contribution in [-0.4, -0.2) is 28.7 Å². The van der Waals surface area contributed by atoms with E-state index in [9.17, 15) is 9.00 Å². The Morgan fingerprint density at radius 2 is 2.25 bits per heavy atom. The molecule has 1 aromatic rings. The predicted octanol–water partition coefficient (Wildman–Crippen LogP) is 1.79. The van der Waals surface area contributed by atoms with Crippen LogP contribution in [0.2, 0.25) is 0 Å². The molecule has 1 unspecified atom stereocenters. The molecule has 1 aromatic carbocycles. The molecular weight excluding hydrogens is 337 g/mol. The Hall–Kier alpha value is -0.430. The van der Waals surface area contributed by atoms with Gasteiger partial charge in [0, 0.05) is 38.5 Å². The smallest absolute Gasteiger partial charge is 0.251 e. The van der Waals surface area contributed by atoms with Crippen LogP contribution < -0.4 is 5.32 Å². The number of carbonyl (C=O) groups is 1. The first-order valence-corrected chi connectivity index (χ1v) is 7.74. The number of amides is 1. The number of hydrogen-bond donors (Lipinski definition) is 1. The third kappa shape index (κ3) is 5.07. The first-order valence-electron chi connectivity index (χ1n) is 4.93. The summed E-state index contributed by atoms with van der Waals surface area (Å²) in [5, 5.41) is 2.80. The highest BCUT2D eigenvalue weighted by Crippen LogP contribution is 2.07. The lowest BCUT2D eigenvalue weighted by molar-refractivity contribution is 0.0953. The molecule has 0 radical (unpaired) electrons. The fraction of sp³-hybridized carbons (Fsp3) is 0.364. The maximum absolute atomic E-state index is 11.7. The minimum atomic E-state index is -0.781. The molecule has 1 rings (SSSR count). The van der Waals surface area contributed by atoms with E-state index in [-0.39, 0.29) is 5.91 Å². The lowest BCUT2D eigenvalue weighted by Gasteiger charge is -2.04. The molecule has 16 heavy (non-hydrogen) atoms. The number of benzene rings is 1. The standard InChI is InChI=1S/C11H14INO2S/c1-16(15)7-3-6-13-11(14)9-4-2-5-10(12)8-9/h2,4-5,8H,3,6-7H2,1H3,(H,13,14). The molecule has 0 spiro atoms. The van der Waals surface area contributed by atoms with E-state index in [0.29, 0.717) is 17.9 Å². The van der Waals surface area contributed by atoms with Gasteiger partial charge in [0.15, 0.2) is 0 Å². The molecule has 0 bridgehead atoms. The summed E-state index contributed by atoms with van der Waals surface area (Å²) in [5.41, 5.74) is 0.671. The SMILES string of the molecule is CS(=O)CCCNC(=O)c1cccc(I)c1. The lowest BCUT2D eigenvalue weighted by Crippen LogP contribution is -2.25. The van der Waals surface area contributed by atoms with Crippen molar-refractivity contribution in [3.05, 3.63) is 33.4 Å². The van der Waals surface area contributed by atoms with Gasteiger partial charge >= 0.3 is 0 Å². The van der Waals surface area contributed by atoms with Gasteiger partial charge < -0.3 is 5.32 Å². The first kappa shape index (κ1) is 13.6. The number of nitrogens with one attached hydrogen (secondary N) is 1. The van der Waals surface area contributed by atoms with Crippen LogP contribution in [0.4, 0.5) is 0 Å². The molecule has 3 nitrogen and oxygen atoms in total. The highest BCUT2D eigenvalue weighted by molar-refractivity contribution is 14.1. The minimum absolute atomic E-state index is 0.0691. The van der Waals surface area contributed by atoms with E-state index in [0.717, 1.165) is 9.99 Å². The molecular formula is C11H14INO2S. The summed E-state index contributed by atoms with van der Waals surface area (Å²) in [6.45, 7) is 0.573. The summed E-state index contributed by atoms with van der Waals surface area (Å²) < 4.78 is 11.8. The van der Waals surface area contributed by atoms with E-state index < -0.39 is 10.8 Å². The molecule has 1 atom stereocenters. The Morgan fingerprint density at radius 3 is 2.88 bits per heavy atom. The number of hydrogen-bond acceptors (Lipinski definition) is 2. The van der Waals surface area contributed by atoms with E-state index >= 15 is 0 Å². The molecule has 0 aromatic heterocycles. The van der Waals surface area contributed by atoms with Crippen LogP contribution in [0.1, 0.15) is 16.8 Å². The van der Waals surface area contributed by atoms with Crippen molar-refractivity contribution in [3.63, 3.8) is 0 Å². The molecule has 0 saturated heterocycles. The molecule has 0 aliphatic heterocycles. The molecule has 0 heterocycles. The summed E-state index contributed by atoms with van der Waals surface area (Å²) in [7, 11) is -0.781. The van der Waals surface area contributed by atoms with Crippen LogP contribution in [0.15, 0.2) is 24.3 Å². The van der Waals surface area contributed by atoms with E-state index in [1.165, 1.54) is 0 Å². The quantitative estimate of drug-likeness (QED) is 0.650. The van der Waals surface area contributed by atoms with Gasteiger partial charge in [0.1, 0.15) is 0 Å². The molecule has 0 aliphatic carbocycles. The number of halogens is 1. The van der Waals surface area contributed by atoms with Gasteiger partial charge in [-0.05, 0) is 47.2 Å². The topological polar surface area (TPSA) is 46.2 Å². The van der Waals surface area contributed by atoms with Crippen molar-refractivity contribution in [2.75, 3.05) is 18.6 Å². The lowest BCUT2D eigenvalue weighted by atomic mass is 10.2. The van der Waals surface area contributed by atoms with Crippen molar-refractivity contribution in [1.29, 1.82) is 0 Å². The molecule has 0 aliphatic rings. The Bertz CT molecular complexity index is 395. The Balaban J connectivity index is 2.38. The maximum Gasteiger partial charge on any atom is 0.251 e. The zero-order chi connectivity index (χ0) is 12.0. The van der Waals surface area contributed by atoms with Crippen LogP contribution in [-0.2, 0) is 10.8 Å². The van der Waals surface area contributed by atoms with Gasteiger partial charge in [-0.3, -0.25) is 9.00 Å². The van der Waals surface area contributed by atoms with Gasteiger partial charge in [-0.25, -0.2) is 0 Å². The highest BCUT2D eigenvalue weighted by Gasteiger charge is 2.04. The summed E-state index contributed by atoms with van der Waals surface area (Å²) in [6.07, 6.45) is 2.42. The maximum atomic E-state index is 11.7. The van der Waals surface area contributed by atoms with Crippen molar-refractivity contribution < 1.29 is 9.00 Å². The van der Waals surface area contributed by atoms with Crippen molar-refractivity contribution in [2.24, 2.45) is 0 Å². The second kappa shape index (κ2) is 7.01. The third-order valence-electron chi connectivity index (χ3n) is 1.98. The highest BCUT2D eigenvalue weighted by atomic mass is 127. The average Bonchev–Trinajstić information content (AvgIpc) is 2.24. The Kier molecular flexibility index (Phi) is 5.97. The van der Waals surface area contributed by atoms with Gasteiger partial charge in [0.2, 0.25) is 0 Å². The second-order valence-corrected chi connectivity index (χ2v) is 6.20. The Morgan fingerprint density at radius 1 is 1.50 bits per heavy atom. The largest absolute Gasteiger partial charge is 0.352 e. The van der Waals surface area contributed by atoms with E-state index in [1.54, 1.807) is 12.3 Å². The number of carbonyl (C=O) groups excluding carboxylic acids is 1. The minimum Gasteiger partial charge on any atom is -0.352 e. The summed E-state index contributed by atoms with van der Waals surface area (Å²) in [6, 6.07) is 7.43. The number of rotatable bonds is 5. The normalized spacial score (nSPS) is 12.1. The van der Waals surface area contributed by atoms with E-state index in [4.69, 9.17) is 0 Å². The predicted molar refractivity (Wildman–Crippen MR) is 75.0 cm³/mol. The van der Waals surface area contributed by atoms with Gasteiger partial charge in [-0.2, -0.15) is 0 Å². The monoisotopic (exact) mass is 351 g/mol. The molecule has 88 valence electrons. The van der Waals surface area contributed by atoms with E-state index in [2.05, 4.69) is 27.9 Å². The second-order valence-electron chi connectivity index (χ2n) is 3.40. The van der Waals surface area contributed by atoms with Crippen molar-refractivity contribution in [2.45, 2.75) is 6.42 Å². The van der Waals surface area contributed by atoms with Crippen molar-refractivity contribution in [1.82, 2.24) is 5.32 Å². The fourth-order valence-corrected chi connectivity index (χ4v) is 2.30. The van der Waals surface area contributed by atoms with Crippen molar-refractivity contribution in [3.8, 4) is 0 Å². The van der Waals surface area contributed by atoms with Gasteiger partial charge in [0.05, 0.1) is 0 Å².